The molecule has 168 valence electrons. The molecule has 0 spiro atoms. The summed E-state index contributed by atoms with van der Waals surface area (Å²) < 4.78 is 29.0. The predicted molar refractivity (Wildman–Crippen MR) is 125 cm³/mol. The summed E-state index contributed by atoms with van der Waals surface area (Å²) in [6.45, 7) is 1.86. The van der Waals surface area contributed by atoms with Crippen molar-refractivity contribution in [3.05, 3.63) is 77.5 Å². The van der Waals surface area contributed by atoms with E-state index in [1.807, 2.05) is 43.3 Å². The Labute approximate surface area is 191 Å². The molecule has 1 aliphatic carbocycles. The number of aromatic nitrogens is 2. The summed E-state index contributed by atoms with van der Waals surface area (Å²) in [5.74, 6) is 0.0801. The molecule has 0 saturated heterocycles. The number of hydrogen-bond acceptors (Lipinski definition) is 6. The molecular weight excluding hydrogens is 438 g/mol. The number of benzene rings is 2. The van der Waals surface area contributed by atoms with Gasteiger partial charge in [0.2, 0.25) is 0 Å². The second-order valence-corrected chi connectivity index (χ2v) is 10.5. The van der Waals surface area contributed by atoms with Crippen LogP contribution in [0.3, 0.4) is 0 Å². The predicted octanol–water partition coefficient (Wildman–Crippen LogP) is 4.66. The monoisotopic (exact) mass is 461 g/mol. The smallest absolute Gasteiger partial charge is 0.259 e. The highest BCUT2D eigenvalue weighted by Crippen LogP contribution is 2.41. The van der Waals surface area contributed by atoms with Crippen molar-refractivity contribution < 1.29 is 17.7 Å². The van der Waals surface area contributed by atoms with E-state index < -0.39 is 9.84 Å². The molecule has 8 heteroatoms. The molecule has 1 atom stereocenters. The molecule has 1 unspecified atom stereocenters. The zero-order valence-electron chi connectivity index (χ0n) is 18.3. The van der Waals surface area contributed by atoms with Gasteiger partial charge in [0.05, 0.1) is 21.9 Å². The van der Waals surface area contributed by atoms with Crippen LogP contribution in [0.5, 0.6) is 0 Å². The van der Waals surface area contributed by atoms with E-state index in [-0.39, 0.29) is 16.8 Å². The molecule has 2 aromatic carbocycles. The maximum absolute atomic E-state index is 13.4. The Morgan fingerprint density at radius 3 is 2.42 bits per heavy atom. The number of carbonyl (C=O) groups excluding carboxylic acids is 1. The minimum Gasteiger partial charge on any atom is -0.345 e. The van der Waals surface area contributed by atoms with Gasteiger partial charge in [-0.2, -0.15) is 0 Å². The normalized spacial score (nSPS) is 14.8. The van der Waals surface area contributed by atoms with Crippen molar-refractivity contribution in [3.63, 3.8) is 0 Å². The maximum Gasteiger partial charge on any atom is 0.259 e. The van der Waals surface area contributed by atoms with Gasteiger partial charge >= 0.3 is 0 Å². The summed E-state index contributed by atoms with van der Waals surface area (Å²) in [7, 11) is -3.28. The van der Waals surface area contributed by atoms with Gasteiger partial charge in [0.25, 0.3) is 11.6 Å². The van der Waals surface area contributed by atoms with Gasteiger partial charge in [-0.15, -0.1) is 0 Å². The van der Waals surface area contributed by atoms with Crippen molar-refractivity contribution in [1.29, 1.82) is 0 Å². The molecule has 33 heavy (non-hydrogen) atoms. The molecule has 1 fully saturated rings. The standard InChI is InChI=1S/C25H23N3O4S/c1-15(16-10-12-19(13-11-16)33(2,30)31)26-24(29)20-14-21(17-8-9-17)27-25-22(20)23(28-32-25)18-6-4-3-5-7-18/h3-7,10-15,17H,8-9H2,1-2H3,(H,26,29). The molecule has 2 aromatic heterocycles. The minimum absolute atomic E-state index is 0.242. The van der Waals surface area contributed by atoms with Crippen molar-refractivity contribution in [1.82, 2.24) is 15.5 Å². The highest BCUT2D eigenvalue weighted by atomic mass is 32.2. The Balaban J connectivity index is 1.51. The Kier molecular flexibility index (Phi) is 5.25. The number of nitrogens with zero attached hydrogens (tertiary/aromatic N) is 2. The second kappa shape index (κ2) is 8.12. The van der Waals surface area contributed by atoms with Crippen molar-refractivity contribution in [2.75, 3.05) is 6.26 Å². The van der Waals surface area contributed by atoms with E-state index in [4.69, 9.17) is 4.52 Å². The Bertz CT molecular complexity index is 1440. The lowest BCUT2D eigenvalue weighted by atomic mass is 10.0. The lowest BCUT2D eigenvalue weighted by Crippen LogP contribution is -2.27. The zero-order chi connectivity index (χ0) is 23.2. The number of carbonyl (C=O) groups is 1. The van der Waals surface area contributed by atoms with Crippen LogP contribution in [-0.4, -0.2) is 30.7 Å². The van der Waals surface area contributed by atoms with Gasteiger partial charge in [0.1, 0.15) is 5.69 Å². The van der Waals surface area contributed by atoms with Crippen LogP contribution in [0.2, 0.25) is 0 Å². The van der Waals surface area contributed by atoms with Crippen molar-refractivity contribution in [3.8, 4) is 11.3 Å². The SMILES string of the molecule is CC(NC(=O)c1cc(C2CC2)nc2onc(-c3ccccc3)c12)c1ccc(S(C)(=O)=O)cc1. The summed E-state index contributed by atoms with van der Waals surface area (Å²) in [5.41, 5.74) is 3.90. The molecule has 0 aliphatic heterocycles. The van der Waals surface area contributed by atoms with E-state index in [0.717, 1.165) is 29.7 Å². The molecule has 1 amide bonds. The van der Waals surface area contributed by atoms with Gasteiger partial charge < -0.3 is 9.84 Å². The lowest BCUT2D eigenvalue weighted by molar-refractivity contribution is 0.0941. The average Bonchev–Trinajstić information content (AvgIpc) is 3.57. The van der Waals surface area contributed by atoms with Crippen molar-refractivity contribution in [2.24, 2.45) is 0 Å². The number of hydrogen-bond donors (Lipinski definition) is 1. The summed E-state index contributed by atoms with van der Waals surface area (Å²) in [4.78, 5) is 18.3. The number of rotatable bonds is 6. The van der Waals surface area contributed by atoms with Crippen LogP contribution in [-0.2, 0) is 9.84 Å². The number of nitrogens with one attached hydrogen (secondary N) is 1. The molecule has 0 bridgehead atoms. The summed E-state index contributed by atoms with van der Waals surface area (Å²) in [6, 6.07) is 17.6. The van der Waals surface area contributed by atoms with Crippen LogP contribution in [0.25, 0.3) is 22.4 Å². The van der Waals surface area contributed by atoms with Gasteiger partial charge in [-0.05, 0) is 43.5 Å². The lowest BCUT2D eigenvalue weighted by Gasteiger charge is -2.16. The molecule has 2 heterocycles. The molecule has 0 radical (unpaired) electrons. The fourth-order valence-electron chi connectivity index (χ4n) is 3.89. The molecule has 5 rings (SSSR count). The average molecular weight is 462 g/mol. The quantitative estimate of drug-likeness (QED) is 0.448. The topological polar surface area (TPSA) is 102 Å². The number of amides is 1. The van der Waals surface area contributed by atoms with E-state index in [0.29, 0.717) is 28.3 Å². The van der Waals surface area contributed by atoms with Crippen LogP contribution in [0.1, 0.15) is 53.3 Å². The molecule has 1 N–H and O–H groups in total. The Morgan fingerprint density at radius 2 is 1.79 bits per heavy atom. The Hall–Kier alpha value is -3.52. The number of pyridine rings is 1. The van der Waals surface area contributed by atoms with E-state index in [1.54, 1.807) is 24.3 Å². The van der Waals surface area contributed by atoms with E-state index in [9.17, 15) is 13.2 Å². The first kappa shape index (κ1) is 21.3. The minimum atomic E-state index is -3.28. The first-order chi connectivity index (χ1) is 15.8. The van der Waals surface area contributed by atoms with Gasteiger partial charge in [-0.25, -0.2) is 13.4 Å². The third-order valence-electron chi connectivity index (χ3n) is 5.91. The van der Waals surface area contributed by atoms with Gasteiger partial charge in [0.15, 0.2) is 9.84 Å². The third kappa shape index (κ3) is 4.26. The number of sulfone groups is 1. The molecule has 4 aromatic rings. The van der Waals surface area contributed by atoms with Crippen LogP contribution < -0.4 is 5.32 Å². The van der Waals surface area contributed by atoms with Crippen LogP contribution in [0, 0.1) is 0 Å². The summed E-state index contributed by atoms with van der Waals surface area (Å²) in [6.07, 6.45) is 3.26. The van der Waals surface area contributed by atoms with Gasteiger partial charge in [-0.1, -0.05) is 47.6 Å². The third-order valence-corrected chi connectivity index (χ3v) is 7.04. The van der Waals surface area contributed by atoms with E-state index in [1.165, 1.54) is 6.26 Å². The fourth-order valence-corrected chi connectivity index (χ4v) is 4.52. The highest BCUT2D eigenvalue weighted by Gasteiger charge is 2.29. The van der Waals surface area contributed by atoms with Crippen molar-refractivity contribution in [2.45, 2.75) is 36.6 Å². The van der Waals surface area contributed by atoms with Crippen LogP contribution in [0.4, 0.5) is 0 Å². The van der Waals surface area contributed by atoms with Crippen LogP contribution in [0.15, 0.2) is 70.1 Å². The van der Waals surface area contributed by atoms with Crippen molar-refractivity contribution >= 4 is 26.8 Å². The molecule has 1 saturated carbocycles. The van der Waals surface area contributed by atoms with E-state index >= 15 is 0 Å². The van der Waals surface area contributed by atoms with E-state index in [2.05, 4.69) is 15.5 Å². The maximum atomic E-state index is 13.4. The second-order valence-electron chi connectivity index (χ2n) is 8.48. The summed E-state index contributed by atoms with van der Waals surface area (Å²) >= 11 is 0. The van der Waals surface area contributed by atoms with Gasteiger partial charge in [-0.3, -0.25) is 4.79 Å². The molecule has 1 aliphatic rings. The highest BCUT2D eigenvalue weighted by molar-refractivity contribution is 7.90. The summed E-state index contributed by atoms with van der Waals surface area (Å²) in [5, 5.41) is 7.84. The molecular formula is C25H23N3O4S. The molecule has 7 nitrogen and oxygen atoms in total. The first-order valence-corrected chi connectivity index (χ1v) is 12.7. The fraction of sp³-hybridized carbons (Fsp3) is 0.240. The number of fused-ring (bicyclic) bond motifs is 1. The largest absolute Gasteiger partial charge is 0.345 e. The first-order valence-electron chi connectivity index (χ1n) is 10.8. The Morgan fingerprint density at radius 1 is 1.09 bits per heavy atom. The van der Waals surface area contributed by atoms with Gasteiger partial charge in [0, 0.05) is 23.4 Å². The zero-order valence-corrected chi connectivity index (χ0v) is 19.1. The van der Waals surface area contributed by atoms with Crippen LogP contribution >= 0.6 is 0 Å².